The minimum absolute atomic E-state index is 0.0917. The Kier molecular flexibility index (Phi) is 3.53. The second-order valence-electron chi connectivity index (χ2n) is 5.54. The van der Waals surface area contributed by atoms with Crippen molar-refractivity contribution in [3.8, 4) is 0 Å². The summed E-state index contributed by atoms with van der Waals surface area (Å²) < 4.78 is 1.90. The molecule has 5 heteroatoms. The summed E-state index contributed by atoms with van der Waals surface area (Å²) in [6, 6.07) is 8.13. The predicted molar refractivity (Wildman–Crippen MR) is 82.7 cm³/mol. The molecule has 3 nitrogen and oxygen atoms in total. The maximum atomic E-state index is 6.39. The molecule has 1 fully saturated rings. The molecule has 0 saturated carbocycles. The molecule has 0 bridgehead atoms. The minimum Gasteiger partial charge on any atom is -0.315 e. The van der Waals surface area contributed by atoms with E-state index in [2.05, 4.69) is 22.5 Å². The van der Waals surface area contributed by atoms with E-state index in [0.717, 1.165) is 40.9 Å². The van der Waals surface area contributed by atoms with E-state index < -0.39 is 0 Å². The van der Waals surface area contributed by atoms with Gasteiger partial charge in [-0.1, -0.05) is 35.3 Å². The molecule has 20 heavy (non-hydrogen) atoms. The Morgan fingerprint density at radius 1 is 1.25 bits per heavy atom. The monoisotopic (exact) mass is 309 g/mol. The van der Waals surface area contributed by atoms with Crippen LogP contribution >= 0.6 is 23.2 Å². The van der Waals surface area contributed by atoms with E-state index >= 15 is 0 Å². The topological polar surface area (TPSA) is 29.9 Å². The summed E-state index contributed by atoms with van der Waals surface area (Å²) in [7, 11) is 1.95. The number of aromatic nitrogens is 2. The third-order valence-electron chi connectivity index (χ3n) is 4.15. The Labute approximate surface area is 128 Å². The van der Waals surface area contributed by atoms with Crippen molar-refractivity contribution in [2.24, 2.45) is 7.05 Å². The van der Waals surface area contributed by atoms with Crippen LogP contribution in [-0.2, 0) is 18.9 Å². The van der Waals surface area contributed by atoms with Crippen molar-refractivity contribution < 1.29 is 0 Å². The van der Waals surface area contributed by atoms with Crippen LogP contribution in [0.5, 0.6) is 0 Å². The second-order valence-corrected chi connectivity index (χ2v) is 6.35. The number of rotatable bonds is 3. The van der Waals surface area contributed by atoms with Crippen molar-refractivity contribution in [1.82, 2.24) is 15.1 Å². The van der Waals surface area contributed by atoms with Crippen molar-refractivity contribution in [2.75, 3.05) is 13.1 Å². The van der Waals surface area contributed by atoms with Crippen LogP contribution in [0.4, 0.5) is 0 Å². The maximum absolute atomic E-state index is 6.39. The highest BCUT2D eigenvalue weighted by Crippen LogP contribution is 2.35. The summed E-state index contributed by atoms with van der Waals surface area (Å²) in [5, 5.41) is 9.33. The fourth-order valence-electron chi connectivity index (χ4n) is 2.85. The molecule has 0 unspecified atom stereocenters. The van der Waals surface area contributed by atoms with Crippen LogP contribution in [0.2, 0.25) is 10.0 Å². The van der Waals surface area contributed by atoms with Gasteiger partial charge in [0.25, 0.3) is 0 Å². The molecule has 1 aliphatic rings. The lowest BCUT2D eigenvalue weighted by Crippen LogP contribution is -2.58. The molecule has 1 aromatic carbocycles. The zero-order valence-corrected chi connectivity index (χ0v) is 13.1. The largest absolute Gasteiger partial charge is 0.315 e. The van der Waals surface area contributed by atoms with E-state index in [1.54, 1.807) is 0 Å². The first-order valence-corrected chi connectivity index (χ1v) is 7.42. The van der Waals surface area contributed by atoms with Crippen LogP contribution in [0.3, 0.4) is 0 Å². The normalized spacial score (nSPS) is 17.0. The van der Waals surface area contributed by atoms with Crippen molar-refractivity contribution in [3.63, 3.8) is 0 Å². The van der Waals surface area contributed by atoms with Gasteiger partial charge in [0.05, 0.1) is 16.4 Å². The van der Waals surface area contributed by atoms with Crippen molar-refractivity contribution in [2.45, 2.75) is 18.8 Å². The number of hydrogen-bond donors (Lipinski definition) is 1. The zero-order valence-electron chi connectivity index (χ0n) is 11.6. The summed E-state index contributed by atoms with van der Waals surface area (Å²) in [4.78, 5) is 0. The van der Waals surface area contributed by atoms with Gasteiger partial charge >= 0.3 is 0 Å². The third kappa shape index (κ3) is 2.24. The molecule has 106 valence electrons. The Balaban J connectivity index is 1.96. The van der Waals surface area contributed by atoms with E-state index in [0.29, 0.717) is 0 Å². The van der Waals surface area contributed by atoms with Gasteiger partial charge in [-0.2, -0.15) is 5.10 Å². The Morgan fingerprint density at radius 3 is 2.35 bits per heavy atom. The highest BCUT2D eigenvalue weighted by Gasteiger charge is 2.40. The summed E-state index contributed by atoms with van der Waals surface area (Å²) in [5.41, 5.74) is 3.38. The van der Waals surface area contributed by atoms with E-state index in [1.807, 2.05) is 30.8 Å². The zero-order chi connectivity index (χ0) is 14.3. The summed E-state index contributed by atoms with van der Waals surface area (Å²) in [6.45, 7) is 3.85. The average molecular weight is 310 g/mol. The number of hydrogen-bond acceptors (Lipinski definition) is 2. The van der Waals surface area contributed by atoms with Crippen molar-refractivity contribution in [3.05, 3.63) is 51.3 Å². The standard InChI is InChI=1S/C15H17Cl2N3/c1-10-14(17)13(20(2)19-10)7-15(8-18-9-15)11-3-5-12(16)6-4-11/h3-6,18H,7-9H2,1-2H3. The first-order chi connectivity index (χ1) is 9.52. The van der Waals surface area contributed by atoms with Crippen LogP contribution < -0.4 is 5.32 Å². The fraction of sp³-hybridized carbons (Fsp3) is 0.400. The Bertz CT molecular complexity index is 627. The number of nitrogens with one attached hydrogen (secondary N) is 1. The van der Waals surface area contributed by atoms with Crippen molar-refractivity contribution >= 4 is 23.2 Å². The molecule has 0 radical (unpaired) electrons. The molecule has 0 aliphatic carbocycles. The number of aryl methyl sites for hydroxylation is 2. The van der Waals surface area contributed by atoms with Gasteiger partial charge in [-0.3, -0.25) is 4.68 Å². The van der Waals surface area contributed by atoms with Crippen LogP contribution in [0.25, 0.3) is 0 Å². The maximum Gasteiger partial charge on any atom is 0.0847 e. The van der Waals surface area contributed by atoms with Crippen molar-refractivity contribution in [1.29, 1.82) is 0 Å². The fourth-order valence-corrected chi connectivity index (χ4v) is 3.21. The molecule has 0 atom stereocenters. The first-order valence-electron chi connectivity index (χ1n) is 6.67. The van der Waals surface area contributed by atoms with Gasteiger partial charge in [-0.15, -0.1) is 0 Å². The predicted octanol–water partition coefficient (Wildman–Crippen LogP) is 3.12. The summed E-state index contributed by atoms with van der Waals surface area (Å²) >= 11 is 12.4. The molecular weight excluding hydrogens is 293 g/mol. The lowest BCUT2D eigenvalue weighted by Gasteiger charge is -2.43. The van der Waals surface area contributed by atoms with Crippen LogP contribution in [0.15, 0.2) is 24.3 Å². The molecule has 3 rings (SSSR count). The minimum atomic E-state index is 0.0917. The van der Waals surface area contributed by atoms with Gasteiger partial charge in [0.1, 0.15) is 0 Å². The summed E-state index contributed by atoms with van der Waals surface area (Å²) in [5.74, 6) is 0. The quantitative estimate of drug-likeness (QED) is 0.944. The van der Waals surface area contributed by atoms with Crippen LogP contribution in [-0.4, -0.2) is 22.9 Å². The Hall–Kier alpha value is -1.03. The molecule has 2 heterocycles. The average Bonchev–Trinajstić information content (AvgIpc) is 2.61. The first kappa shape index (κ1) is 13.9. The van der Waals surface area contributed by atoms with Gasteiger partial charge < -0.3 is 5.32 Å². The molecule has 0 spiro atoms. The third-order valence-corrected chi connectivity index (χ3v) is 4.89. The van der Waals surface area contributed by atoms with E-state index in [4.69, 9.17) is 23.2 Å². The van der Waals surface area contributed by atoms with E-state index in [1.165, 1.54) is 5.56 Å². The summed E-state index contributed by atoms with van der Waals surface area (Å²) in [6.07, 6.45) is 0.887. The van der Waals surface area contributed by atoms with Gasteiger partial charge in [-0.05, 0) is 24.6 Å². The smallest absolute Gasteiger partial charge is 0.0847 e. The molecule has 1 aliphatic heterocycles. The number of nitrogens with zero attached hydrogens (tertiary/aromatic N) is 2. The van der Waals surface area contributed by atoms with Gasteiger partial charge in [-0.25, -0.2) is 0 Å². The van der Waals surface area contributed by atoms with E-state index in [-0.39, 0.29) is 5.41 Å². The highest BCUT2D eigenvalue weighted by atomic mass is 35.5. The molecular formula is C15H17Cl2N3. The SMILES string of the molecule is Cc1nn(C)c(CC2(c3ccc(Cl)cc3)CNC2)c1Cl. The molecule has 1 N–H and O–H groups in total. The number of benzene rings is 1. The van der Waals surface area contributed by atoms with Crippen LogP contribution in [0, 0.1) is 6.92 Å². The molecule has 1 saturated heterocycles. The molecule has 1 aromatic heterocycles. The van der Waals surface area contributed by atoms with Gasteiger partial charge in [0, 0.05) is 37.0 Å². The highest BCUT2D eigenvalue weighted by molar-refractivity contribution is 6.32. The van der Waals surface area contributed by atoms with E-state index in [9.17, 15) is 0 Å². The lowest BCUT2D eigenvalue weighted by molar-refractivity contribution is 0.270. The van der Waals surface area contributed by atoms with Crippen LogP contribution in [0.1, 0.15) is 17.0 Å². The van der Waals surface area contributed by atoms with Gasteiger partial charge in [0.15, 0.2) is 0 Å². The second kappa shape index (κ2) is 5.06. The lowest BCUT2D eigenvalue weighted by atomic mass is 9.72. The van der Waals surface area contributed by atoms with Gasteiger partial charge in [0.2, 0.25) is 0 Å². The number of halogens is 2. The molecule has 0 amide bonds. The Morgan fingerprint density at radius 2 is 1.90 bits per heavy atom. The molecule has 2 aromatic rings.